The van der Waals surface area contributed by atoms with Gasteiger partial charge < -0.3 is 15.3 Å². The summed E-state index contributed by atoms with van der Waals surface area (Å²) in [7, 11) is 1.87. The fraction of sp³-hybridized carbons (Fsp3) is 0.615. The quantitative estimate of drug-likeness (QED) is 0.839. The molecule has 4 heteroatoms. The fourth-order valence-corrected chi connectivity index (χ4v) is 2.39. The van der Waals surface area contributed by atoms with Crippen LogP contribution < -0.4 is 10.2 Å². The van der Waals surface area contributed by atoms with Crippen LogP contribution in [0.25, 0.3) is 0 Å². The lowest BCUT2D eigenvalue weighted by Crippen LogP contribution is -2.38. The molecule has 1 aliphatic heterocycles. The first-order valence-electron chi connectivity index (χ1n) is 6.37. The van der Waals surface area contributed by atoms with E-state index in [1.807, 2.05) is 25.2 Å². The number of aliphatic hydroxyl groups is 1. The summed E-state index contributed by atoms with van der Waals surface area (Å²) in [6, 6.07) is 6.20. The Balaban J connectivity index is 2.21. The summed E-state index contributed by atoms with van der Waals surface area (Å²) in [6.45, 7) is 1.21. The van der Waals surface area contributed by atoms with Crippen molar-refractivity contribution in [2.24, 2.45) is 0 Å². The van der Waals surface area contributed by atoms with Gasteiger partial charge in [0.05, 0.1) is 12.6 Å². The Hall–Kier alpha value is -1.29. The molecule has 1 atom stereocenters. The fourth-order valence-electron chi connectivity index (χ4n) is 2.39. The van der Waals surface area contributed by atoms with E-state index in [0.29, 0.717) is 0 Å². The largest absolute Gasteiger partial charge is 0.394 e. The van der Waals surface area contributed by atoms with Crippen LogP contribution in [0.5, 0.6) is 0 Å². The Morgan fingerprint density at radius 1 is 1.41 bits per heavy atom. The van der Waals surface area contributed by atoms with Crippen LogP contribution in [0.4, 0.5) is 11.6 Å². The maximum absolute atomic E-state index is 9.49. The van der Waals surface area contributed by atoms with E-state index in [1.54, 1.807) is 0 Å². The van der Waals surface area contributed by atoms with Crippen LogP contribution in [0.3, 0.4) is 0 Å². The molecule has 1 aromatic heterocycles. The molecular formula is C13H21N3O. The van der Waals surface area contributed by atoms with Gasteiger partial charge >= 0.3 is 0 Å². The Labute approximate surface area is 103 Å². The van der Waals surface area contributed by atoms with E-state index in [4.69, 9.17) is 0 Å². The Morgan fingerprint density at radius 3 is 3.06 bits per heavy atom. The number of anilines is 2. The molecule has 0 spiro atoms. The molecule has 1 fully saturated rings. The van der Waals surface area contributed by atoms with E-state index in [9.17, 15) is 5.11 Å². The van der Waals surface area contributed by atoms with Crippen LogP contribution in [0, 0.1) is 0 Å². The molecule has 2 N–H and O–H groups in total. The number of hydrogen-bond donors (Lipinski definition) is 2. The van der Waals surface area contributed by atoms with Crippen molar-refractivity contribution >= 4 is 11.6 Å². The molecule has 4 nitrogen and oxygen atoms in total. The van der Waals surface area contributed by atoms with Crippen LogP contribution in [0.1, 0.15) is 25.7 Å². The third-order valence-electron chi connectivity index (χ3n) is 3.37. The number of aromatic nitrogens is 1. The van der Waals surface area contributed by atoms with E-state index < -0.39 is 0 Å². The average Bonchev–Trinajstić information content (AvgIpc) is 2.63. The second-order valence-corrected chi connectivity index (χ2v) is 4.51. The molecule has 2 heterocycles. The number of nitrogens with zero attached hydrogens (tertiary/aromatic N) is 2. The second kappa shape index (κ2) is 5.87. The molecule has 0 saturated carbocycles. The van der Waals surface area contributed by atoms with Gasteiger partial charge in [-0.05, 0) is 25.0 Å². The van der Waals surface area contributed by atoms with Gasteiger partial charge in [0.1, 0.15) is 11.6 Å². The monoisotopic (exact) mass is 235 g/mol. The molecule has 0 bridgehead atoms. The van der Waals surface area contributed by atoms with Crippen LogP contribution in [-0.2, 0) is 0 Å². The summed E-state index contributed by atoms with van der Waals surface area (Å²) >= 11 is 0. The first-order chi connectivity index (χ1) is 8.35. The van der Waals surface area contributed by atoms with Crippen LogP contribution in [0.2, 0.25) is 0 Å². The van der Waals surface area contributed by atoms with E-state index >= 15 is 0 Å². The molecule has 0 amide bonds. The van der Waals surface area contributed by atoms with Gasteiger partial charge in [0.2, 0.25) is 0 Å². The second-order valence-electron chi connectivity index (χ2n) is 4.51. The van der Waals surface area contributed by atoms with Crippen molar-refractivity contribution in [2.45, 2.75) is 31.7 Å². The number of aliphatic hydroxyl groups excluding tert-OH is 1. The number of hydrogen-bond acceptors (Lipinski definition) is 4. The minimum absolute atomic E-state index is 0.214. The Bertz CT molecular complexity index is 356. The number of pyridine rings is 1. The highest BCUT2D eigenvalue weighted by molar-refractivity contribution is 5.47. The summed E-state index contributed by atoms with van der Waals surface area (Å²) in [5.41, 5.74) is 0. The maximum atomic E-state index is 9.49. The first-order valence-corrected chi connectivity index (χ1v) is 6.37. The van der Waals surface area contributed by atoms with Crippen molar-refractivity contribution in [3.63, 3.8) is 0 Å². The lowest BCUT2D eigenvalue weighted by Gasteiger charge is -2.29. The molecule has 1 aliphatic rings. The van der Waals surface area contributed by atoms with Gasteiger partial charge in [-0.2, -0.15) is 0 Å². The Kier molecular flexibility index (Phi) is 4.20. The predicted octanol–water partition coefficient (Wildman–Crippen LogP) is 1.86. The molecule has 0 radical (unpaired) electrons. The molecular weight excluding hydrogens is 214 g/mol. The van der Waals surface area contributed by atoms with E-state index in [1.165, 1.54) is 19.3 Å². The topological polar surface area (TPSA) is 48.4 Å². The van der Waals surface area contributed by atoms with Gasteiger partial charge in [0, 0.05) is 13.6 Å². The average molecular weight is 235 g/mol. The van der Waals surface area contributed by atoms with E-state index in [0.717, 1.165) is 24.6 Å². The molecule has 0 aliphatic carbocycles. The van der Waals surface area contributed by atoms with E-state index in [2.05, 4.69) is 15.2 Å². The molecule has 1 unspecified atom stereocenters. The molecule has 2 rings (SSSR count). The zero-order valence-electron chi connectivity index (χ0n) is 10.4. The minimum Gasteiger partial charge on any atom is -0.394 e. The smallest absolute Gasteiger partial charge is 0.131 e. The van der Waals surface area contributed by atoms with E-state index in [-0.39, 0.29) is 12.6 Å². The molecule has 94 valence electrons. The first kappa shape index (κ1) is 12.2. The molecule has 0 aromatic carbocycles. The highest BCUT2D eigenvalue weighted by Crippen LogP contribution is 2.23. The standard InChI is InChI=1S/C13H21N3O/c1-14-12-7-5-8-13(15-12)16-9-4-2-3-6-11(16)10-17/h5,7-8,11,17H,2-4,6,9-10H2,1H3,(H,14,15). The van der Waals surface area contributed by atoms with Gasteiger partial charge in [-0.25, -0.2) is 4.98 Å². The van der Waals surface area contributed by atoms with Gasteiger partial charge in [0.15, 0.2) is 0 Å². The summed E-state index contributed by atoms with van der Waals surface area (Å²) in [5.74, 6) is 1.85. The van der Waals surface area contributed by atoms with Crippen LogP contribution in [-0.4, -0.2) is 36.3 Å². The van der Waals surface area contributed by atoms with Gasteiger partial charge in [-0.15, -0.1) is 0 Å². The van der Waals surface area contributed by atoms with Crippen molar-refractivity contribution in [1.29, 1.82) is 0 Å². The normalized spacial score (nSPS) is 21.1. The third-order valence-corrected chi connectivity index (χ3v) is 3.37. The van der Waals surface area contributed by atoms with Crippen molar-refractivity contribution in [3.05, 3.63) is 18.2 Å². The van der Waals surface area contributed by atoms with Crippen molar-refractivity contribution < 1.29 is 5.11 Å². The number of rotatable bonds is 3. The zero-order chi connectivity index (χ0) is 12.1. The molecule has 1 aromatic rings. The van der Waals surface area contributed by atoms with Gasteiger partial charge in [-0.1, -0.05) is 18.9 Å². The number of nitrogens with one attached hydrogen (secondary N) is 1. The zero-order valence-corrected chi connectivity index (χ0v) is 10.4. The summed E-state index contributed by atoms with van der Waals surface area (Å²) < 4.78 is 0. The SMILES string of the molecule is CNc1cccc(N2CCCCCC2CO)n1. The molecule has 17 heavy (non-hydrogen) atoms. The predicted molar refractivity (Wildman–Crippen MR) is 70.5 cm³/mol. The van der Waals surface area contributed by atoms with Crippen molar-refractivity contribution in [1.82, 2.24) is 4.98 Å². The summed E-state index contributed by atoms with van der Waals surface area (Å²) in [6.07, 6.45) is 4.69. The lowest BCUT2D eigenvalue weighted by molar-refractivity contribution is 0.254. The highest BCUT2D eigenvalue weighted by Gasteiger charge is 2.21. The summed E-state index contributed by atoms with van der Waals surface area (Å²) in [4.78, 5) is 6.80. The lowest BCUT2D eigenvalue weighted by atomic mass is 10.1. The van der Waals surface area contributed by atoms with Crippen LogP contribution in [0.15, 0.2) is 18.2 Å². The Morgan fingerprint density at radius 2 is 2.29 bits per heavy atom. The minimum atomic E-state index is 0.214. The van der Waals surface area contributed by atoms with Crippen LogP contribution >= 0.6 is 0 Å². The van der Waals surface area contributed by atoms with Crippen molar-refractivity contribution in [3.8, 4) is 0 Å². The van der Waals surface area contributed by atoms with Gasteiger partial charge in [-0.3, -0.25) is 0 Å². The third kappa shape index (κ3) is 2.88. The maximum Gasteiger partial charge on any atom is 0.131 e. The van der Waals surface area contributed by atoms with Gasteiger partial charge in [0.25, 0.3) is 0 Å². The molecule has 1 saturated heterocycles. The highest BCUT2D eigenvalue weighted by atomic mass is 16.3. The summed E-state index contributed by atoms with van der Waals surface area (Å²) in [5, 5.41) is 12.5. The van der Waals surface area contributed by atoms with Crippen molar-refractivity contribution in [2.75, 3.05) is 30.4 Å².